The highest BCUT2D eigenvalue weighted by Crippen LogP contribution is 2.37. The lowest BCUT2D eigenvalue weighted by molar-refractivity contribution is -0.118. The molecule has 3 aliphatic rings. The normalized spacial score (nSPS) is 19.1. The maximum absolute atomic E-state index is 13.0. The van der Waals surface area contributed by atoms with Crippen molar-refractivity contribution in [2.75, 3.05) is 26.3 Å². The number of nitrogens with two attached hydrogens (primary N) is 1. The Morgan fingerprint density at radius 2 is 1.89 bits per heavy atom. The quantitative estimate of drug-likeness (QED) is 0.273. The Morgan fingerprint density at radius 1 is 1.04 bits per heavy atom. The Kier molecular flexibility index (Phi) is 8.12. The predicted octanol–water partition coefficient (Wildman–Crippen LogP) is 3.69. The smallest absolute Gasteiger partial charge is 0.250 e. The summed E-state index contributed by atoms with van der Waals surface area (Å²) < 4.78 is 19.7. The Morgan fingerprint density at radius 3 is 2.72 bits per heavy atom. The molecule has 7 rings (SSSR count). The van der Waals surface area contributed by atoms with Crippen molar-refractivity contribution in [2.24, 2.45) is 11.7 Å². The van der Waals surface area contributed by atoms with E-state index in [0.717, 1.165) is 43.9 Å². The molecule has 0 saturated carbocycles. The Bertz CT molecular complexity index is 1880. The monoisotopic (exact) mass is 623 g/mol. The lowest BCUT2D eigenvalue weighted by Crippen LogP contribution is -2.46. The van der Waals surface area contributed by atoms with E-state index in [1.807, 2.05) is 22.8 Å². The number of amides is 1. The van der Waals surface area contributed by atoms with Gasteiger partial charge in [0.2, 0.25) is 17.1 Å². The second kappa shape index (κ2) is 12.5. The number of pyridine rings is 1. The fourth-order valence-corrected chi connectivity index (χ4v) is 7.26. The van der Waals surface area contributed by atoms with Gasteiger partial charge in [0.1, 0.15) is 17.3 Å². The van der Waals surface area contributed by atoms with Crippen LogP contribution in [0.2, 0.25) is 0 Å². The summed E-state index contributed by atoms with van der Waals surface area (Å²) in [6, 6.07) is 20.2. The van der Waals surface area contributed by atoms with E-state index in [9.17, 15) is 19.5 Å². The lowest BCUT2D eigenvalue weighted by atomic mass is 9.83. The maximum Gasteiger partial charge on any atom is 0.250 e. The first kappa shape index (κ1) is 29.9. The van der Waals surface area contributed by atoms with Gasteiger partial charge in [-0.15, -0.1) is 0 Å². The number of piperidine rings is 1. The Balaban J connectivity index is 1.06. The Hall–Kier alpha value is -4.83. The van der Waals surface area contributed by atoms with E-state index in [1.165, 1.54) is 17.2 Å². The molecule has 2 aromatic carbocycles. The van der Waals surface area contributed by atoms with Crippen LogP contribution in [0.1, 0.15) is 58.6 Å². The number of aromatic hydroxyl groups is 1. The predicted molar refractivity (Wildman–Crippen MR) is 170 cm³/mol. The molecule has 5 heterocycles. The maximum atomic E-state index is 13.0. The van der Waals surface area contributed by atoms with Crippen molar-refractivity contribution in [1.82, 2.24) is 9.47 Å². The summed E-state index contributed by atoms with van der Waals surface area (Å²) in [6.45, 7) is 3.71. The fraction of sp³-hybridized carbons (Fsp3) is 0.361. The minimum Gasteiger partial charge on any atom is -0.502 e. The molecule has 1 fully saturated rings. The molecule has 2 bridgehead atoms. The van der Waals surface area contributed by atoms with Crippen LogP contribution in [0.15, 0.2) is 80.7 Å². The third-order valence-corrected chi connectivity index (χ3v) is 9.35. The third-order valence-electron chi connectivity index (χ3n) is 9.35. The molecule has 0 aliphatic carbocycles. The van der Waals surface area contributed by atoms with Crippen molar-refractivity contribution >= 4 is 5.91 Å². The number of carbonyl (C=O) groups excluding carboxylic acids is 1. The zero-order valence-electron chi connectivity index (χ0n) is 25.5. The van der Waals surface area contributed by atoms with Crippen molar-refractivity contribution in [3.63, 3.8) is 0 Å². The first-order valence-electron chi connectivity index (χ1n) is 15.8. The van der Waals surface area contributed by atoms with E-state index in [0.29, 0.717) is 49.2 Å². The molecule has 1 amide bonds. The van der Waals surface area contributed by atoms with Crippen LogP contribution in [0.3, 0.4) is 0 Å². The largest absolute Gasteiger partial charge is 0.502 e. The number of primary amides is 1. The minimum absolute atomic E-state index is 0.0182. The van der Waals surface area contributed by atoms with Crippen LogP contribution in [-0.2, 0) is 30.7 Å². The molecule has 10 nitrogen and oxygen atoms in total. The molecule has 3 aliphatic heterocycles. The third kappa shape index (κ3) is 6.17. The zero-order valence-corrected chi connectivity index (χ0v) is 25.5. The first-order chi connectivity index (χ1) is 22.3. The van der Waals surface area contributed by atoms with Crippen molar-refractivity contribution < 1.29 is 23.8 Å². The van der Waals surface area contributed by atoms with Gasteiger partial charge in [0.15, 0.2) is 5.76 Å². The highest BCUT2D eigenvalue weighted by atomic mass is 16.5. The molecular weight excluding hydrogens is 586 g/mol. The lowest BCUT2D eigenvalue weighted by Gasteiger charge is -2.42. The van der Waals surface area contributed by atoms with Gasteiger partial charge in [0.25, 0.3) is 5.56 Å². The minimum atomic E-state index is -0.757. The summed E-state index contributed by atoms with van der Waals surface area (Å²) >= 11 is 0. The number of likely N-dealkylation sites (tertiary alicyclic amines) is 1. The number of hydrogen-bond donors (Lipinski definition) is 2. The van der Waals surface area contributed by atoms with E-state index in [-0.39, 0.29) is 23.7 Å². The molecule has 2 aromatic heterocycles. The SMILES string of the molecule is NC(=O)C[C@@H](c1ccc(OCCc2ccc3c(c2)CCO3)cc1)c1oc(CN2C[C@H]3C[C@@H](C2)c2cccc(=O)n2C3)cc(=O)c1O. The fourth-order valence-electron chi connectivity index (χ4n) is 7.26. The number of rotatable bonds is 10. The van der Waals surface area contributed by atoms with Crippen LogP contribution in [0.25, 0.3) is 0 Å². The molecule has 0 radical (unpaired) electrons. The number of fused-ring (bicyclic) bond motifs is 5. The summed E-state index contributed by atoms with van der Waals surface area (Å²) in [5.74, 6) is 0.668. The Labute approximate surface area is 266 Å². The van der Waals surface area contributed by atoms with Gasteiger partial charge in [-0.3, -0.25) is 19.3 Å². The number of hydrogen-bond acceptors (Lipinski definition) is 8. The summed E-state index contributed by atoms with van der Waals surface area (Å²) in [4.78, 5) is 39.8. The van der Waals surface area contributed by atoms with Crippen molar-refractivity contribution in [3.8, 4) is 17.2 Å². The van der Waals surface area contributed by atoms with E-state index < -0.39 is 23.0 Å². The van der Waals surface area contributed by atoms with Gasteiger partial charge in [0, 0.05) is 62.6 Å². The molecule has 3 N–H and O–H groups in total. The topological polar surface area (TPSA) is 137 Å². The second-order valence-electron chi connectivity index (χ2n) is 12.6. The average Bonchev–Trinajstić information content (AvgIpc) is 3.51. The number of ether oxygens (including phenoxy) is 2. The van der Waals surface area contributed by atoms with Crippen molar-refractivity contribution in [2.45, 2.75) is 50.6 Å². The number of nitrogens with zero attached hydrogens (tertiary/aromatic N) is 2. The van der Waals surface area contributed by atoms with Gasteiger partial charge in [-0.25, -0.2) is 0 Å². The highest BCUT2D eigenvalue weighted by Gasteiger charge is 2.35. The average molecular weight is 624 g/mol. The summed E-state index contributed by atoms with van der Waals surface area (Å²) in [5, 5.41) is 10.8. The van der Waals surface area contributed by atoms with Crippen LogP contribution in [0.4, 0.5) is 0 Å². The van der Waals surface area contributed by atoms with Gasteiger partial charge >= 0.3 is 0 Å². The summed E-state index contributed by atoms with van der Waals surface area (Å²) in [5.41, 5.74) is 9.19. The summed E-state index contributed by atoms with van der Waals surface area (Å²) in [6.07, 6.45) is 2.53. The van der Waals surface area contributed by atoms with Crippen LogP contribution >= 0.6 is 0 Å². The van der Waals surface area contributed by atoms with Crippen molar-refractivity contribution in [3.05, 3.63) is 121 Å². The number of benzene rings is 2. The van der Waals surface area contributed by atoms with Gasteiger partial charge in [-0.05, 0) is 53.3 Å². The molecule has 4 aromatic rings. The van der Waals surface area contributed by atoms with Crippen LogP contribution in [0.5, 0.6) is 17.2 Å². The van der Waals surface area contributed by atoms with Gasteiger partial charge in [0.05, 0.1) is 25.7 Å². The van der Waals surface area contributed by atoms with Crippen LogP contribution in [0, 0.1) is 5.92 Å². The van der Waals surface area contributed by atoms with Gasteiger partial charge in [-0.2, -0.15) is 0 Å². The number of carbonyl (C=O) groups is 1. The van der Waals surface area contributed by atoms with E-state index >= 15 is 0 Å². The van der Waals surface area contributed by atoms with E-state index in [1.54, 1.807) is 30.3 Å². The van der Waals surface area contributed by atoms with Gasteiger partial charge in [-0.1, -0.05) is 30.3 Å². The molecular formula is C36H37N3O7. The number of aromatic nitrogens is 1. The van der Waals surface area contributed by atoms with Crippen LogP contribution in [-0.4, -0.2) is 46.8 Å². The first-order valence-corrected chi connectivity index (χ1v) is 15.8. The molecule has 46 heavy (non-hydrogen) atoms. The molecule has 0 unspecified atom stereocenters. The molecule has 10 heteroatoms. The van der Waals surface area contributed by atoms with Crippen LogP contribution < -0.4 is 26.2 Å². The molecule has 3 atom stereocenters. The molecule has 238 valence electrons. The highest BCUT2D eigenvalue weighted by molar-refractivity contribution is 5.75. The molecule has 0 spiro atoms. The van der Waals surface area contributed by atoms with E-state index in [4.69, 9.17) is 19.6 Å². The zero-order chi connectivity index (χ0) is 31.8. The van der Waals surface area contributed by atoms with Crippen molar-refractivity contribution in [1.29, 1.82) is 0 Å². The van der Waals surface area contributed by atoms with Gasteiger partial charge < -0.3 is 29.3 Å². The summed E-state index contributed by atoms with van der Waals surface area (Å²) in [7, 11) is 0. The second-order valence-corrected chi connectivity index (χ2v) is 12.6. The van der Waals surface area contributed by atoms with E-state index in [2.05, 4.69) is 17.0 Å². The standard InChI is InChI=1S/C36H37N3O7/c37-33(41)17-29(24-5-7-27(8-6-24)44-12-10-22-4-9-32-25(14-22)11-13-45-32)36-35(43)31(40)16-28(46-36)21-38-18-23-15-26(20-38)30-2-1-3-34(42)39(30)19-23/h1-9,14,16,23,26,29,43H,10-13,15,17-21H2,(H2,37,41)/t23-,26+,29+/m1/s1. The molecule has 1 saturated heterocycles.